The molecule has 0 bridgehead atoms. The van der Waals surface area contributed by atoms with Gasteiger partial charge < -0.3 is 14.5 Å². The predicted molar refractivity (Wildman–Crippen MR) is 132 cm³/mol. The van der Waals surface area contributed by atoms with Gasteiger partial charge >= 0.3 is 0 Å². The first-order valence-corrected chi connectivity index (χ1v) is 12.2. The van der Waals surface area contributed by atoms with E-state index in [1.807, 2.05) is 80.3 Å². The predicted octanol–water partition coefficient (Wildman–Crippen LogP) is 5.11. The highest BCUT2D eigenvalue weighted by Crippen LogP contribution is 2.34. The van der Waals surface area contributed by atoms with E-state index in [1.165, 1.54) is 4.88 Å². The number of hydrogen-bond acceptors (Lipinski definition) is 4. The summed E-state index contributed by atoms with van der Waals surface area (Å²) in [5.41, 5.74) is 2.78. The van der Waals surface area contributed by atoms with Gasteiger partial charge in [-0.25, -0.2) is 0 Å². The first kappa shape index (κ1) is 23.1. The summed E-state index contributed by atoms with van der Waals surface area (Å²) in [4.78, 5) is 31.6. The molecule has 4 rings (SSSR count). The Morgan fingerprint density at radius 1 is 1.12 bits per heavy atom. The van der Waals surface area contributed by atoms with Crippen LogP contribution in [-0.2, 0) is 11.2 Å². The molecule has 0 saturated heterocycles. The lowest BCUT2D eigenvalue weighted by molar-refractivity contribution is -0.136. The summed E-state index contributed by atoms with van der Waals surface area (Å²) in [6.07, 6.45) is 0.827. The summed E-state index contributed by atoms with van der Waals surface area (Å²) in [7, 11) is 0. The van der Waals surface area contributed by atoms with Crippen molar-refractivity contribution in [1.82, 2.24) is 9.80 Å². The summed E-state index contributed by atoms with van der Waals surface area (Å²) in [5.74, 6) is 0.612. The zero-order valence-electron chi connectivity index (χ0n) is 19.4. The number of hydrogen-bond donors (Lipinski definition) is 0. The van der Waals surface area contributed by atoms with Crippen LogP contribution in [0.4, 0.5) is 0 Å². The van der Waals surface area contributed by atoms with E-state index in [1.54, 1.807) is 16.2 Å². The molecule has 1 aliphatic rings. The van der Waals surface area contributed by atoms with Crippen molar-refractivity contribution in [3.63, 3.8) is 0 Å². The Balaban J connectivity index is 1.53. The Hall–Kier alpha value is -3.12. The van der Waals surface area contributed by atoms with Gasteiger partial charge in [0.25, 0.3) is 5.91 Å². The third-order valence-electron chi connectivity index (χ3n) is 6.02. The van der Waals surface area contributed by atoms with Crippen molar-refractivity contribution >= 4 is 23.2 Å². The smallest absolute Gasteiger partial charge is 0.254 e. The molecular formula is C27H30N2O3S. The van der Waals surface area contributed by atoms with Crippen molar-refractivity contribution in [2.45, 2.75) is 39.3 Å². The van der Waals surface area contributed by atoms with E-state index in [9.17, 15) is 9.59 Å². The fourth-order valence-electron chi connectivity index (χ4n) is 4.24. The van der Waals surface area contributed by atoms with E-state index in [-0.39, 0.29) is 30.4 Å². The SMILES string of the molecule is Cc1cccc(C(=O)N(CC(=O)N2CCc3sccc3C2COc2ccccc2)C(C)C)c1. The van der Waals surface area contributed by atoms with E-state index in [0.29, 0.717) is 18.7 Å². The first-order valence-electron chi connectivity index (χ1n) is 11.3. The molecule has 6 heteroatoms. The zero-order chi connectivity index (χ0) is 23.4. The van der Waals surface area contributed by atoms with Gasteiger partial charge in [0.15, 0.2) is 0 Å². The van der Waals surface area contributed by atoms with Gasteiger partial charge in [0.1, 0.15) is 18.9 Å². The van der Waals surface area contributed by atoms with Gasteiger partial charge in [0, 0.05) is 23.0 Å². The van der Waals surface area contributed by atoms with Gasteiger partial charge in [-0.1, -0.05) is 35.9 Å². The molecular weight excluding hydrogens is 432 g/mol. The van der Waals surface area contributed by atoms with E-state index in [0.717, 1.165) is 23.3 Å². The molecule has 3 aromatic rings. The number of ether oxygens (including phenoxy) is 1. The Labute approximate surface area is 199 Å². The highest BCUT2D eigenvalue weighted by atomic mass is 32.1. The molecule has 172 valence electrons. The highest BCUT2D eigenvalue weighted by Gasteiger charge is 2.34. The van der Waals surface area contributed by atoms with Crippen molar-refractivity contribution in [3.05, 3.63) is 87.6 Å². The summed E-state index contributed by atoms with van der Waals surface area (Å²) in [5, 5.41) is 2.08. The average molecular weight is 463 g/mol. The average Bonchev–Trinajstić information content (AvgIpc) is 3.30. The molecule has 1 atom stereocenters. The Morgan fingerprint density at radius 2 is 1.91 bits per heavy atom. The summed E-state index contributed by atoms with van der Waals surface area (Å²) in [6, 6.07) is 19.0. The molecule has 0 N–H and O–H groups in total. The van der Waals surface area contributed by atoms with Crippen LogP contribution in [0.2, 0.25) is 0 Å². The molecule has 2 aromatic carbocycles. The minimum absolute atomic E-state index is 0.0474. The normalized spacial score (nSPS) is 15.3. The molecule has 1 aliphatic heterocycles. The van der Waals surface area contributed by atoms with Crippen molar-refractivity contribution < 1.29 is 14.3 Å². The largest absolute Gasteiger partial charge is 0.491 e. The Bertz CT molecular complexity index is 1110. The van der Waals surface area contributed by atoms with Gasteiger partial charge in [-0.15, -0.1) is 11.3 Å². The molecule has 0 radical (unpaired) electrons. The second kappa shape index (κ2) is 10.2. The number of para-hydroxylation sites is 1. The Kier molecular flexibility index (Phi) is 7.14. The van der Waals surface area contributed by atoms with Crippen molar-refractivity contribution in [3.8, 4) is 5.75 Å². The molecule has 0 aliphatic carbocycles. The van der Waals surface area contributed by atoms with Gasteiger partial charge in [0.2, 0.25) is 5.91 Å². The van der Waals surface area contributed by atoms with Crippen molar-refractivity contribution in [1.29, 1.82) is 0 Å². The number of rotatable bonds is 7. The maximum absolute atomic E-state index is 13.5. The van der Waals surface area contributed by atoms with E-state index < -0.39 is 0 Å². The maximum atomic E-state index is 13.5. The first-order chi connectivity index (χ1) is 15.9. The van der Waals surface area contributed by atoms with E-state index >= 15 is 0 Å². The fourth-order valence-corrected chi connectivity index (χ4v) is 5.16. The van der Waals surface area contributed by atoms with E-state index in [2.05, 4.69) is 11.4 Å². The van der Waals surface area contributed by atoms with Crippen LogP contribution >= 0.6 is 11.3 Å². The number of benzene rings is 2. The van der Waals surface area contributed by atoms with Gasteiger partial charge in [-0.05, 0) is 68.5 Å². The van der Waals surface area contributed by atoms with Crippen molar-refractivity contribution in [2.75, 3.05) is 19.7 Å². The molecule has 0 fully saturated rings. The minimum Gasteiger partial charge on any atom is -0.491 e. The molecule has 5 nitrogen and oxygen atoms in total. The van der Waals surface area contributed by atoms with Crippen LogP contribution in [-0.4, -0.2) is 47.4 Å². The van der Waals surface area contributed by atoms with Crippen molar-refractivity contribution in [2.24, 2.45) is 0 Å². The number of amides is 2. The van der Waals surface area contributed by atoms with Crippen LogP contribution < -0.4 is 4.74 Å². The number of thiophene rings is 1. The van der Waals surface area contributed by atoms with Crippen LogP contribution in [0.3, 0.4) is 0 Å². The molecule has 2 amide bonds. The number of nitrogens with zero attached hydrogens (tertiary/aromatic N) is 2. The molecule has 0 spiro atoms. The maximum Gasteiger partial charge on any atom is 0.254 e. The standard InChI is InChI=1S/C27H30N2O3S/c1-19(2)29(27(31)21-9-7-8-20(3)16-21)17-26(30)28-14-12-25-23(13-15-33-25)24(28)18-32-22-10-5-4-6-11-22/h4-11,13,15-16,19,24H,12,14,17-18H2,1-3H3. The fraction of sp³-hybridized carbons (Fsp3) is 0.333. The molecule has 1 unspecified atom stereocenters. The Morgan fingerprint density at radius 3 is 2.64 bits per heavy atom. The molecule has 2 heterocycles. The van der Waals surface area contributed by atoms with E-state index in [4.69, 9.17) is 4.74 Å². The summed E-state index contributed by atoms with van der Waals surface area (Å²) >= 11 is 1.73. The second-order valence-electron chi connectivity index (χ2n) is 8.67. The lowest BCUT2D eigenvalue weighted by atomic mass is 10.00. The van der Waals surface area contributed by atoms with Crippen LogP contribution in [0.15, 0.2) is 66.0 Å². The highest BCUT2D eigenvalue weighted by molar-refractivity contribution is 7.10. The number of fused-ring (bicyclic) bond motifs is 1. The van der Waals surface area contributed by atoms with Crippen LogP contribution in [0, 0.1) is 6.92 Å². The summed E-state index contributed by atoms with van der Waals surface area (Å²) in [6.45, 7) is 6.91. The quantitative estimate of drug-likeness (QED) is 0.490. The van der Waals surface area contributed by atoms with Crippen LogP contribution in [0.25, 0.3) is 0 Å². The molecule has 33 heavy (non-hydrogen) atoms. The number of aryl methyl sites for hydroxylation is 1. The molecule has 1 aromatic heterocycles. The van der Waals surface area contributed by atoms with Gasteiger partial charge in [0.05, 0.1) is 6.04 Å². The van der Waals surface area contributed by atoms with Crippen LogP contribution in [0.5, 0.6) is 5.75 Å². The third kappa shape index (κ3) is 5.28. The zero-order valence-corrected chi connectivity index (χ0v) is 20.2. The third-order valence-corrected chi connectivity index (χ3v) is 7.02. The topological polar surface area (TPSA) is 49.9 Å². The van der Waals surface area contributed by atoms with Crippen LogP contribution in [0.1, 0.15) is 46.3 Å². The minimum atomic E-state index is -0.171. The second-order valence-corrected chi connectivity index (χ2v) is 9.67. The monoisotopic (exact) mass is 462 g/mol. The molecule has 0 saturated carbocycles. The number of carbonyl (C=O) groups is 2. The summed E-state index contributed by atoms with van der Waals surface area (Å²) < 4.78 is 6.06. The lowest BCUT2D eigenvalue weighted by Gasteiger charge is -2.37. The number of carbonyl (C=O) groups excluding carboxylic acids is 2. The van der Waals surface area contributed by atoms with Gasteiger partial charge in [-0.2, -0.15) is 0 Å². The lowest BCUT2D eigenvalue weighted by Crippen LogP contribution is -2.49. The van der Waals surface area contributed by atoms with Gasteiger partial charge in [-0.3, -0.25) is 9.59 Å².